The Balaban J connectivity index is 2.31. The van der Waals surface area contributed by atoms with E-state index < -0.39 is 7.12 Å². The summed E-state index contributed by atoms with van der Waals surface area (Å²) in [4.78, 5) is 23.3. The Morgan fingerprint density at radius 2 is 1.86 bits per heavy atom. The molecular formula is C14H20BIN2O4. The minimum Gasteiger partial charge on any atom is -0.423 e. The third kappa shape index (κ3) is 7.76. The molecule has 0 aliphatic rings. The predicted octanol–water partition coefficient (Wildman–Crippen LogP) is 0.416. The number of rotatable bonds is 9. The van der Waals surface area contributed by atoms with E-state index in [1.807, 2.05) is 0 Å². The van der Waals surface area contributed by atoms with Gasteiger partial charge in [0.15, 0.2) is 0 Å². The van der Waals surface area contributed by atoms with Crippen LogP contribution >= 0.6 is 22.6 Å². The number of carbonyl (C=O) groups excluding carboxylic acids is 2. The van der Waals surface area contributed by atoms with Crippen LogP contribution in [0.5, 0.6) is 0 Å². The van der Waals surface area contributed by atoms with Gasteiger partial charge in [-0.05, 0) is 34.9 Å². The second kappa shape index (κ2) is 10.6. The van der Waals surface area contributed by atoms with Gasteiger partial charge in [0.1, 0.15) is 0 Å². The van der Waals surface area contributed by atoms with Crippen molar-refractivity contribution in [3.8, 4) is 0 Å². The van der Waals surface area contributed by atoms with Crippen LogP contribution in [0.25, 0.3) is 0 Å². The first-order chi connectivity index (χ1) is 10.5. The first-order valence-corrected chi connectivity index (χ1v) is 8.64. The number of halogens is 1. The Hall–Kier alpha value is -1.13. The van der Waals surface area contributed by atoms with Crippen molar-refractivity contribution in [2.24, 2.45) is 0 Å². The molecular weight excluding hydrogens is 398 g/mol. The van der Waals surface area contributed by atoms with E-state index in [-0.39, 0.29) is 24.7 Å². The van der Waals surface area contributed by atoms with Crippen LogP contribution in [0.3, 0.4) is 0 Å². The Kier molecular flexibility index (Phi) is 9.10. The minimum absolute atomic E-state index is 0.0873. The van der Waals surface area contributed by atoms with Crippen LogP contribution in [0.15, 0.2) is 24.3 Å². The van der Waals surface area contributed by atoms with Crippen molar-refractivity contribution in [2.45, 2.75) is 25.7 Å². The molecule has 1 aromatic rings. The van der Waals surface area contributed by atoms with Crippen molar-refractivity contribution in [3.63, 3.8) is 0 Å². The van der Waals surface area contributed by atoms with Crippen LogP contribution in [0.1, 0.15) is 25.7 Å². The predicted molar refractivity (Wildman–Crippen MR) is 95.3 cm³/mol. The molecule has 0 spiro atoms. The van der Waals surface area contributed by atoms with Gasteiger partial charge in [0.25, 0.3) is 0 Å². The van der Waals surface area contributed by atoms with E-state index in [1.54, 1.807) is 18.2 Å². The summed E-state index contributed by atoms with van der Waals surface area (Å²) >= 11 is 2.29. The van der Waals surface area contributed by atoms with Crippen LogP contribution < -0.4 is 16.1 Å². The maximum atomic E-state index is 11.8. The highest BCUT2D eigenvalue weighted by Crippen LogP contribution is 2.05. The average molecular weight is 418 g/mol. The lowest BCUT2D eigenvalue weighted by Gasteiger charge is -2.07. The monoisotopic (exact) mass is 418 g/mol. The van der Waals surface area contributed by atoms with Gasteiger partial charge in [0.05, 0.1) is 0 Å². The van der Waals surface area contributed by atoms with Crippen molar-refractivity contribution in [1.82, 2.24) is 5.32 Å². The first-order valence-electron chi connectivity index (χ1n) is 7.11. The topological polar surface area (TPSA) is 98.7 Å². The van der Waals surface area contributed by atoms with E-state index in [4.69, 9.17) is 10.0 Å². The zero-order valence-electron chi connectivity index (χ0n) is 12.2. The molecule has 0 radical (unpaired) electrons. The molecule has 1 aromatic carbocycles. The smallest absolute Gasteiger partial charge is 0.423 e. The molecule has 0 aliphatic heterocycles. The zero-order chi connectivity index (χ0) is 16.4. The number of anilines is 1. The van der Waals surface area contributed by atoms with Gasteiger partial charge in [-0.25, -0.2) is 0 Å². The van der Waals surface area contributed by atoms with Crippen LogP contribution in [-0.2, 0) is 9.59 Å². The average Bonchev–Trinajstić information content (AvgIpc) is 2.50. The molecule has 4 N–H and O–H groups in total. The van der Waals surface area contributed by atoms with Gasteiger partial charge in [-0.2, -0.15) is 0 Å². The molecule has 0 saturated carbocycles. The molecule has 2 amide bonds. The number of carbonyl (C=O) groups is 2. The maximum Gasteiger partial charge on any atom is 0.488 e. The summed E-state index contributed by atoms with van der Waals surface area (Å²) in [6.07, 6.45) is 2.23. The Morgan fingerprint density at radius 1 is 1.14 bits per heavy atom. The standard InChI is InChI=1S/C14H20BIN2O4/c16-8-1-2-9-17-13(19)6-7-14(20)18-12-5-3-4-11(10-12)15(21)22/h3-5,10,21-22H,1-2,6-9H2,(H,17,19)(H,18,20). The van der Waals surface area contributed by atoms with Crippen LogP contribution in [0, 0.1) is 0 Å². The van der Waals surface area contributed by atoms with Crippen molar-refractivity contribution in [2.75, 3.05) is 16.3 Å². The molecule has 0 fully saturated rings. The summed E-state index contributed by atoms with van der Waals surface area (Å²) in [7, 11) is -1.58. The molecule has 8 heteroatoms. The van der Waals surface area contributed by atoms with Gasteiger partial charge >= 0.3 is 7.12 Å². The normalized spacial score (nSPS) is 10.1. The van der Waals surface area contributed by atoms with Crippen molar-refractivity contribution in [1.29, 1.82) is 0 Å². The minimum atomic E-state index is -1.58. The lowest BCUT2D eigenvalue weighted by molar-refractivity contribution is -0.124. The molecule has 0 aliphatic carbocycles. The number of nitrogens with one attached hydrogen (secondary N) is 2. The van der Waals surface area contributed by atoms with E-state index >= 15 is 0 Å². The number of hydrogen-bond acceptors (Lipinski definition) is 4. The molecule has 0 bridgehead atoms. The molecule has 0 aromatic heterocycles. The quantitative estimate of drug-likeness (QED) is 0.202. The van der Waals surface area contributed by atoms with E-state index in [1.165, 1.54) is 6.07 Å². The third-order valence-electron chi connectivity index (χ3n) is 2.93. The molecule has 0 unspecified atom stereocenters. The van der Waals surface area contributed by atoms with E-state index in [2.05, 4.69) is 33.2 Å². The zero-order valence-corrected chi connectivity index (χ0v) is 14.4. The Bertz CT molecular complexity index is 499. The van der Waals surface area contributed by atoms with Gasteiger partial charge in [0, 0.05) is 25.1 Å². The van der Waals surface area contributed by atoms with Gasteiger partial charge < -0.3 is 20.7 Å². The summed E-state index contributed by atoms with van der Waals surface area (Å²) in [5, 5.41) is 23.5. The fraction of sp³-hybridized carbons (Fsp3) is 0.429. The highest BCUT2D eigenvalue weighted by atomic mass is 127. The summed E-state index contributed by atoms with van der Waals surface area (Å²) in [6, 6.07) is 6.29. The SMILES string of the molecule is O=C(CCC(=O)Nc1cccc(B(O)O)c1)NCCCCI. The van der Waals surface area contributed by atoms with E-state index in [0.717, 1.165) is 17.3 Å². The summed E-state index contributed by atoms with van der Waals surface area (Å²) in [5.74, 6) is -0.421. The van der Waals surface area contributed by atoms with Crippen LogP contribution in [-0.4, -0.2) is 40.0 Å². The second-order valence-electron chi connectivity index (χ2n) is 4.79. The number of unbranched alkanes of at least 4 members (excludes halogenated alkanes) is 1. The summed E-state index contributed by atoms with van der Waals surface area (Å²) in [5.41, 5.74) is 0.767. The fourth-order valence-electron chi connectivity index (χ4n) is 1.76. The third-order valence-corrected chi connectivity index (χ3v) is 3.69. The summed E-state index contributed by atoms with van der Waals surface area (Å²) in [6.45, 7) is 0.639. The molecule has 6 nitrogen and oxygen atoms in total. The lowest BCUT2D eigenvalue weighted by Crippen LogP contribution is -2.30. The van der Waals surface area contributed by atoms with Gasteiger partial charge in [-0.15, -0.1) is 0 Å². The highest BCUT2D eigenvalue weighted by molar-refractivity contribution is 14.1. The highest BCUT2D eigenvalue weighted by Gasteiger charge is 2.12. The Labute approximate surface area is 144 Å². The molecule has 22 heavy (non-hydrogen) atoms. The number of benzene rings is 1. The van der Waals surface area contributed by atoms with Crippen molar-refractivity contribution < 1.29 is 19.6 Å². The van der Waals surface area contributed by atoms with Crippen LogP contribution in [0.4, 0.5) is 5.69 Å². The van der Waals surface area contributed by atoms with Crippen LogP contribution in [0.2, 0.25) is 0 Å². The fourth-order valence-corrected chi connectivity index (χ4v) is 2.30. The van der Waals surface area contributed by atoms with Crippen molar-refractivity contribution >= 4 is 52.7 Å². The largest absolute Gasteiger partial charge is 0.488 e. The Morgan fingerprint density at radius 3 is 2.55 bits per heavy atom. The molecule has 0 atom stereocenters. The van der Waals surface area contributed by atoms with Gasteiger partial charge in [-0.3, -0.25) is 9.59 Å². The summed E-state index contributed by atoms with van der Waals surface area (Å²) < 4.78 is 1.07. The first kappa shape index (κ1) is 18.9. The van der Waals surface area contributed by atoms with Crippen molar-refractivity contribution in [3.05, 3.63) is 24.3 Å². The molecule has 120 valence electrons. The molecule has 0 saturated heterocycles. The van der Waals surface area contributed by atoms with E-state index in [9.17, 15) is 9.59 Å². The van der Waals surface area contributed by atoms with E-state index in [0.29, 0.717) is 17.7 Å². The number of hydrogen-bond donors (Lipinski definition) is 4. The maximum absolute atomic E-state index is 11.8. The lowest BCUT2D eigenvalue weighted by atomic mass is 9.80. The van der Waals surface area contributed by atoms with Gasteiger partial charge in [-0.1, -0.05) is 34.7 Å². The molecule has 1 rings (SSSR count). The second-order valence-corrected chi connectivity index (χ2v) is 5.87. The number of alkyl halides is 1. The van der Waals surface area contributed by atoms with Gasteiger partial charge in [0.2, 0.25) is 11.8 Å². The number of amides is 2. The molecule has 0 heterocycles.